The lowest BCUT2D eigenvalue weighted by Crippen LogP contribution is -2.27. The summed E-state index contributed by atoms with van der Waals surface area (Å²) in [6, 6.07) is 5.23. The van der Waals surface area contributed by atoms with Crippen molar-refractivity contribution in [2.45, 2.75) is 33.3 Å². The monoisotopic (exact) mass is 277 g/mol. The highest BCUT2D eigenvalue weighted by Crippen LogP contribution is 2.18. The van der Waals surface area contributed by atoms with Gasteiger partial charge in [0.15, 0.2) is 0 Å². The lowest BCUT2D eigenvalue weighted by atomic mass is 10.1. The summed E-state index contributed by atoms with van der Waals surface area (Å²) in [5, 5.41) is 11.2. The van der Waals surface area contributed by atoms with Crippen molar-refractivity contribution in [3.8, 4) is 0 Å². The maximum atomic E-state index is 11.6. The van der Waals surface area contributed by atoms with Gasteiger partial charge in [-0.15, -0.1) is 0 Å². The Hall–Kier alpha value is -2.30. The number of hydrogen-bond acceptors (Lipinski definition) is 3. The van der Waals surface area contributed by atoms with E-state index >= 15 is 0 Å². The topological polar surface area (TPSA) is 75.6 Å². The predicted molar refractivity (Wildman–Crippen MR) is 77.7 cm³/mol. The molecule has 0 aliphatic heterocycles. The van der Waals surface area contributed by atoms with Gasteiger partial charge in [0.05, 0.1) is 0 Å². The summed E-state index contributed by atoms with van der Waals surface area (Å²) in [4.78, 5) is 22.2. The highest BCUT2D eigenvalue weighted by atomic mass is 16.6. The van der Waals surface area contributed by atoms with Gasteiger partial charge in [0.1, 0.15) is 5.60 Å². The number of carbonyl (C=O) groups is 2. The summed E-state index contributed by atoms with van der Waals surface area (Å²) in [6.45, 7) is 7.20. The fraction of sp³-hybridized carbons (Fsp3) is 0.333. The minimum Gasteiger partial charge on any atom is -0.478 e. The molecule has 0 unspecified atom stereocenters. The summed E-state index contributed by atoms with van der Waals surface area (Å²) >= 11 is 0. The molecule has 0 spiro atoms. The van der Waals surface area contributed by atoms with Crippen molar-refractivity contribution in [3.63, 3.8) is 0 Å². The number of anilines is 1. The normalized spacial score (nSPS) is 11.4. The summed E-state index contributed by atoms with van der Waals surface area (Å²) in [6.07, 6.45) is 1.99. The van der Waals surface area contributed by atoms with Gasteiger partial charge >= 0.3 is 12.1 Å². The van der Waals surface area contributed by atoms with Gasteiger partial charge in [0.2, 0.25) is 0 Å². The molecule has 1 rings (SSSR count). The zero-order chi connectivity index (χ0) is 15.3. The third kappa shape index (κ3) is 5.56. The Bertz CT molecular complexity index is 541. The number of hydrogen-bond donors (Lipinski definition) is 2. The number of carbonyl (C=O) groups excluding carboxylic acids is 1. The van der Waals surface area contributed by atoms with Gasteiger partial charge in [-0.3, -0.25) is 5.32 Å². The van der Waals surface area contributed by atoms with Gasteiger partial charge in [-0.2, -0.15) is 0 Å². The molecule has 2 N–H and O–H groups in total. The lowest BCUT2D eigenvalue weighted by Gasteiger charge is -2.19. The third-order valence-corrected chi connectivity index (χ3v) is 2.33. The van der Waals surface area contributed by atoms with Crippen LogP contribution in [0.3, 0.4) is 0 Å². The first-order valence-electron chi connectivity index (χ1n) is 6.19. The van der Waals surface area contributed by atoms with Crippen LogP contribution in [-0.2, 0) is 9.53 Å². The number of aryl methyl sites for hydroxylation is 1. The van der Waals surface area contributed by atoms with Crippen molar-refractivity contribution in [2.75, 3.05) is 5.32 Å². The lowest BCUT2D eigenvalue weighted by molar-refractivity contribution is -0.131. The fourth-order valence-electron chi connectivity index (χ4n) is 1.48. The minimum atomic E-state index is -1.02. The summed E-state index contributed by atoms with van der Waals surface area (Å²) in [7, 11) is 0. The maximum absolute atomic E-state index is 11.6. The average molecular weight is 277 g/mol. The van der Waals surface area contributed by atoms with E-state index in [2.05, 4.69) is 5.32 Å². The molecule has 0 heterocycles. The molecule has 108 valence electrons. The van der Waals surface area contributed by atoms with Gasteiger partial charge in [0, 0.05) is 11.8 Å². The molecule has 0 aliphatic carbocycles. The van der Waals surface area contributed by atoms with E-state index in [0.717, 1.165) is 17.2 Å². The van der Waals surface area contributed by atoms with Crippen molar-refractivity contribution >= 4 is 23.8 Å². The summed E-state index contributed by atoms with van der Waals surface area (Å²) in [5.74, 6) is -1.02. The molecular formula is C15H19NO4. The van der Waals surface area contributed by atoms with E-state index in [0.29, 0.717) is 5.69 Å². The number of carboxylic acid groups (broad SMARTS) is 1. The number of benzene rings is 1. The first-order valence-corrected chi connectivity index (χ1v) is 6.19. The van der Waals surface area contributed by atoms with Crippen LogP contribution < -0.4 is 5.32 Å². The SMILES string of the molecule is Cc1ccc(NC(=O)OC(C)(C)C)cc1/C=C/C(=O)O. The Labute approximate surface area is 118 Å². The van der Waals surface area contributed by atoms with Gasteiger partial charge < -0.3 is 9.84 Å². The van der Waals surface area contributed by atoms with E-state index in [4.69, 9.17) is 9.84 Å². The number of aliphatic carboxylic acids is 1. The van der Waals surface area contributed by atoms with Gasteiger partial charge in [-0.1, -0.05) is 6.07 Å². The molecule has 0 saturated heterocycles. The van der Waals surface area contributed by atoms with Crippen LogP contribution >= 0.6 is 0 Å². The minimum absolute atomic E-state index is 0.547. The molecule has 1 amide bonds. The van der Waals surface area contributed by atoms with Crippen molar-refractivity contribution in [1.29, 1.82) is 0 Å². The quantitative estimate of drug-likeness (QED) is 0.830. The first-order chi connectivity index (χ1) is 9.17. The summed E-state index contributed by atoms with van der Waals surface area (Å²) < 4.78 is 5.15. The smallest absolute Gasteiger partial charge is 0.412 e. The zero-order valence-electron chi connectivity index (χ0n) is 12.1. The number of carboxylic acids is 1. The van der Waals surface area contributed by atoms with Gasteiger partial charge in [0.25, 0.3) is 0 Å². The number of rotatable bonds is 3. The van der Waals surface area contributed by atoms with Gasteiger partial charge in [-0.25, -0.2) is 9.59 Å². The van der Waals surface area contributed by atoms with E-state index < -0.39 is 17.7 Å². The van der Waals surface area contributed by atoms with E-state index in [9.17, 15) is 9.59 Å². The summed E-state index contributed by atoms with van der Waals surface area (Å²) in [5.41, 5.74) is 1.62. The number of nitrogens with one attached hydrogen (secondary N) is 1. The Kier molecular flexibility index (Phi) is 4.91. The van der Waals surface area contributed by atoms with Gasteiger partial charge in [-0.05, 0) is 57.0 Å². The van der Waals surface area contributed by atoms with E-state index in [-0.39, 0.29) is 0 Å². The standard InChI is InChI=1S/C15H19NO4/c1-10-5-7-12(9-11(10)6-8-13(17)18)16-14(19)20-15(2,3)4/h5-9H,1-4H3,(H,16,19)(H,17,18)/b8-6+. The van der Waals surface area contributed by atoms with Crippen LogP contribution in [0.5, 0.6) is 0 Å². The van der Waals surface area contributed by atoms with Crippen LogP contribution in [0, 0.1) is 6.92 Å². The molecule has 20 heavy (non-hydrogen) atoms. The zero-order valence-corrected chi connectivity index (χ0v) is 12.1. The van der Waals surface area contributed by atoms with Crippen molar-refractivity contribution in [1.82, 2.24) is 0 Å². The molecule has 5 nitrogen and oxygen atoms in total. The Morgan fingerprint density at radius 1 is 1.30 bits per heavy atom. The van der Waals surface area contributed by atoms with Crippen molar-refractivity contribution in [3.05, 3.63) is 35.4 Å². The molecule has 1 aromatic carbocycles. The molecule has 5 heteroatoms. The van der Waals surface area contributed by atoms with Crippen LogP contribution in [0.15, 0.2) is 24.3 Å². The fourth-order valence-corrected chi connectivity index (χ4v) is 1.48. The first kappa shape index (κ1) is 15.8. The second-order valence-corrected chi connectivity index (χ2v) is 5.37. The van der Waals surface area contributed by atoms with E-state index in [1.165, 1.54) is 6.08 Å². The van der Waals surface area contributed by atoms with Crippen LogP contribution in [0.25, 0.3) is 6.08 Å². The Balaban J connectivity index is 2.85. The molecule has 0 atom stereocenters. The molecular weight excluding hydrogens is 258 g/mol. The third-order valence-electron chi connectivity index (χ3n) is 2.33. The Morgan fingerprint density at radius 3 is 2.50 bits per heavy atom. The molecule has 0 radical (unpaired) electrons. The van der Waals surface area contributed by atoms with Crippen LogP contribution in [0.1, 0.15) is 31.9 Å². The van der Waals surface area contributed by atoms with Crippen molar-refractivity contribution in [2.24, 2.45) is 0 Å². The Morgan fingerprint density at radius 2 is 1.95 bits per heavy atom. The predicted octanol–water partition coefficient (Wildman–Crippen LogP) is 3.44. The molecule has 0 bridgehead atoms. The number of ether oxygens (including phenoxy) is 1. The molecule has 0 aromatic heterocycles. The van der Waals surface area contributed by atoms with E-state index in [1.807, 2.05) is 6.92 Å². The van der Waals surface area contributed by atoms with Crippen LogP contribution in [0.4, 0.5) is 10.5 Å². The van der Waals surface area contributed by atoms with E-state index in [1.54, 1.807) is 39.0 Å². The molecule has 0 fully saturated rings. The second kappa shape index (κ2) is 6.23. The second-order valence-electron chi connectivity index (χ2n) is 5.37. The largest absolute Gasteiger partial charge is 0.478 e. The average Bonchev–Trinajstić information content (AvgIpc) is 2.27. The van der Waals surface area contributed by atoms with Crippen molar-refractivity contribution < 1.29 is 19.4 Å². The van der Waals surface area contributed by atoms with Crippen LogP contribution in [0.2, 0.25) is 0 Å². The molecule has 0 saturated carbocycles. The highest BCUT2D eigenvalue weighted by Gasteiger charge is 2.16. The maximum Gasteiger partial charge on any atom is 0.412 e. The molecule has 0 aliphatic rings. The van der Waals surface area contributed by atoms with Crippen LogP contribution in [-0.4, -0.2) is 22.8 Å². The molecule has 1 aromatic rings. The number of amides is 1. The highest BCUT2D eigenvalue weighted by molar-refractivity contribution is 5.88.